The molecule has 0 spiro atoms. The summed E-state index contributed by atoms with van der Waals surface area (Å²) in [4.78, 5) is 13.5. The highest BCUT2D eigenvalue weighted by atomic mass is 16.2. The molecule has 1 amide bonds. The molecular weight excluding hydrogens is 214 g/mol. The summed E-state index contributed by atoms with van der Waals surface area (Å²) in [7, 11) is 1.80. The Labute approximate surface area is 101 Å². The number of anilines is 1. The first-order chi connectivity index (χ1) is 8.11. The fraction of sp³-hybridized carbons (Fsp3) is 0.385. The summed E-state index contributed by atoms with van der Waals surface area (Å²) >= 11 is 0. The highest BCUT2D eigenvalue weighted by Gasteiger charge is 2.29. The number of likely N-dealkylation sites (tertiary alicyclic amines) is 1. The van der Waals surface area contributed by atoms with Crippen LogP contribution in [0, 0.1) is 18.3 Å². The average Bonchev–Trinajstić information content (AvgIpc) is 2.61. The van der Waals surface area contributed by atoms with Crippen molar-refractivity contribution in [3.8, 4) is 6.07 Å². The number of rotatable bonds is 2. The van der Waals surface area contributed by atoms with Crippen LogP contribution in [-0.4, -0.2) is 30.4 Å². The molecule has 1 aromatic rings. The van der Waals surface area contributed by atoms with E-state index in [1.807, 2.05) is 19.1 Å². The van der Waals surface area contributed by atoms with Gasteiger partial charge in [0.15, 0.2) is 0 Å². The number of amides is 1. The monoisotopic (exact) mass is 229 g/mol. The first kappa shape index (κ1) is 11.5. The number of carbonyl (C=O) groups is 1. The molecule has 1 heterocycles. The van der Waals surface area contributed by atoms with Gasteiger partial charge in [-0.2, -0.15) is 5.26 Å². The molecule has 17 heavy (non-hydrogen) atoms. The van der Waals surface area contributed by atoms with Crippen molar-refractivity contribution in [2.75, 3.05) is 18.9 Å². The fourth-order valence-corrected chi connectivity index (χ4v) is 2.02. The molecule has 2 rings (SSSR count). The summed E-state index contributed by atoms with van der Waals surface area (Å²) in [5.41, 5.74) is 2.41. The van der Waals surface area contributed by atoms with Crippen molar-refractivity contribution in [3.05, 3.63) is 29.3 Å². The van der Waals surface area contributed by atoms with Gasteiger partial charge in [0.05, 0.1) is 11.3 Å². The number of nitrogens with one attached hydrogen (secondary N) is 1. The van der Waals surface area contributed by atoms with Crippen molar-refractivity contribution < 1.29 is 4.79 Å². The quantitative estimate of drug-likeness (QED) is 0.836. The van der Waals surface area contributed by atoms with E-state index in [2.05, 4.69) is 11.4 Å². The maximum atomic E-state index is 11.8. The lowest BCUT2D eigenvalue weighted by Crippen LogP contribution is -2.31. The zero-order valence-corrected chi connectivity index (χ0v) is 10.0. The summed E-state index contributed by atoms with van der Waals surface area (Å²) < 4.78 is 0. The molecule has 4 nitrogen and oxygen atoms in total. The van der Waals surface area contributed by atoms with E-state index < -0.39 is 0 Å². The summed E-state index contributed by atoms with van der Waals surface area (Å²) in [6, 6.07) is 7.52. The Morgan fingerprint density at radius 2 is 2.29 bits per heavy atom. The predicted molar refractivity (Wildman–Crippen MR) is 65.6 cm³/mol. The van der Waals surface area contributed by atoms with Crippen molar-refractivity contribution in [2.24, 2.45) is 0 Å². The van der Waals surface area contributed by atoms with Crippen LogP contribution in [0.15, 0.2) is 18.2 Å². The second-order valence-electron chi connectivity index (χ2n) is 4.41. The Bertz CT molecular complexity index is 490. The number of hydrogen-bond acceptors (Lipinski definition) is 3. The van der Waals surface area contributed by atoms with E-state index >= 15 is 0 Å². The lowest BCUT2D eigenvalue weighted by Gasteiger charge is -2.14. The van der Waals surface area contributed by atoms with Gasteiger partial charge < -0.3 is 10.2 Å². The van der Waals surface area contributed by atoms with Crippen molar-refractivity contribution >= 4 is 11.6 Å². The summed E-state index contributed by atoms with van der Waals surface area (Å²) in [6.07, 6.45) is 0.786. The van der Waals surface area contributed by atoms with E-state index in [9.17, 15) is 4.79 Å². The van der Waals surface area contributed by atoms with Crippen LogP contribution in [0.1, 0.15) is 17.5 Å². The lowest BCUT2D eigenvalue weighted by atomic mass is 10.1. The Kier molecular flexibility index (Phi) is 3.01. The Morgan fingerprint density at radius 3 is 2.88 bits per heavy atom. The molecule has 0 aliphatic carbocycles. The van der Waals surface area contributed by atoms with Gasteiger partial charge >= 0.3 is 0 Å². The second kappa shape index (κ2) is 4.46. The van der Waals surface area contributed by atoms with Crippen LogP contribution < -0.4 is 5.32 Å². The summed E-state index contributed by atoms with van der Waals surface area (Å²) in [5.74, 6) is 0.0930. The molecule has 1 fully saturated rings. The van der Waals surface area contributed by atoms with E-state index in [1.54, 1.807) is 18.0 Å². The predicted octanol–water partition coefficient (Wildman–Crippen LogP) is 1.51. The molecular formula is C13H15N3O. The summed E-state index contributed by atoms with van der Waals surface area (Å²) in [5, 5.41) is 12.2. The minimum atomic E-state index is -0.200. The number of benzene rings is 1. The first-order valence-corrected chi connectivity index (χ1v) is 5.64. The van der Waals surface area contributed by atoms with Crippen LogP contribution in [0.2, 0.25) is 0 Å². The van der Waals surface area contributed by atoms with Gasteiger partial charge in [0.25, 0.3) is 0 Å². The maximum absolute atomic E-state index is 11.8. The minimum absolute atomic E-state index is 0.0930. The number of likely N-dealkylation sites (N-methyl/N-ethyl adjacent to an activating group) is 1. The third kappa shape index (κ3) is 2.23. The van der Waals surface area contributed by atoms with Gasteiger partial charge in [0, 0.05) is 13.6 Å². The van der Waals surface area contributed by atoms with Gasteiger partial charge in [0.1, 0.15) is 12.1 Å². The van der Waals surface area contributed by atoms with Crippen LogP contribution in [0.5, 0.6) is 0 Å². The van der Waals surface area contributed by atoms with Gasteiger partial charge in [-0.1, -0.05) is 6.07 Å². The van der Waals surface area contributed by atoms with E-state index in [4.69, 9.17) is 5.26 Å². The molecule has 1 saturated heterocycles. The van der Waals surface area contributed by atoms with E-state index in [1.165, 1.54) is 0 Å². The lowest BCUT2D eigenvalue weighted by molar-refractivity contribution is -0.127. The molecule has 1 N–H and O–H groups in total. The Hall–Kier alpha value is -2.02. The zero-order chi connectivity index (χ0) is 12.4. The SMILES string of the molecule is Cc1ccc(C#N)c(NC2CCN(C)C2=O)c1. The number of carbonyl (C=O) groups excluding carboxylic acids is 1. The van der Waals surface area contributed by atoms with Gasteiger partial charge in [-0.05, 0) is 31.0 Å². The topological polar surface area (TPSA) is 56.1 Å². The normalized spacial score (nSPS) is 19.2. The van der Waals surface area contributed by atoms with Gasteiger partial charge in [-0.25, -0.2) is 0 Å². The molecule has 1 aromatic carbocycles. The van der Waals surface area contributed by atoms with Crippen molar-refractivity contribution in [3.63, 3.8) is 0 Å². The van der Waals surface area contributed by atoms with E-state index in [0.29, 0.717) is 5.56 Å². The molecule has 0 bridgehead atoms. The fourth-order valence-electron chi connectivity index (χ4n) is 2.02. The van der Waals surface area contributed by atoms with E-state index in [0.717, 1.165) is 24.2 Å². The zero-order valence-electron chi connectivity index (χ0n) is 10.0. The van der Waals surface area contributed by atoms with Gasteiger partial charge in [-0.3, -0.25) is 4.79 Å². The standard InChI is InChI=1S/C13H15N3O/c1-9-3-4-10(8-14)12(7-9)15-11-5-6-16(2)13(11)17/h3-4,7,11,15H,5-6H2,1-2H3. The second-order valence-corrected chi connectivity index (χ2v) is 4.41. The molecule has 88 valence electrons. The molecule has 1 aliphatic heterocycles. The Morgan fingerprint density at radius 1 is 1.53 bits per heavy atom. The number of nitriles is 1. The molecule has 1 aliphatic rings. The number of nitrogens with zero attached hydrogens (tertiary/aromatic N) is 2. The molecule has 1 atom stereocenters. The molecule has 0 saturated carbocycles. The first-order valence-electron chi connectivity index (χ1n) is 5.64. The third-order valence-corrected chi connectivity index (χ3v) is 3.05. The smallest absolute Gasteiger partial charge is 0.244 e. The van der Waals surface area contributed by atoms with Crippen LogP contribution in [0.25, 0.3) is 0 Å². The highest BCUT2D eigenvalue weighted by Crippen LogP contribution is 2.21. The molecule has 1 unspecified atom stereocenters. The van der Waals surface area contributed by atoms with Crippen molar-refractivity contribution in [1.82, 2.24) is 4.90 Å². The third-order valence-electron chi connectivity index (χ3n) is 3.05. The number of hydrogen-bond donors (Lipinski definition) is 1. The molecule has 0 aromatic heterocycles. The van der Waals surface area contributed by atoms with Crippen molar-refractivity contribution in [1.29, 1.82) is 5.26 Å². The Balaban J connectivity index is 2.22. The minimum Gasteiger partial charge on any atom is -0.373 e. The van der Waals surface area contributed by atoms with Crippen LogP contribution in [-0.2, 0) is 4.79 Å². The molecule has 4 heteroatoms. The molecule has 0 radical (unpaired) electrons. The van der Waals surface area contributed by atoms with Gasteiger partial charge in [0.2, 0.25) is 5.91 Å². The van der Waals surface area contributed by atoms with E-state index in [-0.39, 0.29) is 11.9 Å². The van der Waals surface area contributed by atoms with Crippen LogP contribution in [0.4, 0.5) is 5.69 Å². The van der Waals surface area contributed by atoms with Gasteiger partial charge in [-0.15, -0.1) is 0 Å². The van der Waals surface area contributed by atoms with Crippen LogP contribution in [0.3, 0.4) is 0 Å². The average molecular weight is 229 g/mol. The number of aryl methyl sites for hydroxylation is 1. The highest BCUT2D eigenvalue weighted by molar-refractivity contribution is 5.87. The largest absolute Gasteiger partial charge is 0.373 e. The van der Waals surface area contributed by atoms with Crippen LogP contribution >= 0.6 is 0 Å². The maximum Gasteiger partial charge on any atom is 0.244 e. The summed E-state index contributed by atoms with van der Waals surface area (Å²) in [6.45, 7) is 2.74. The van der Waals surface area contributed by atoms with Crippen molar-refractivity contribution in [2.45, 2.75) is 19.4 Å².